The van der Waals surface area contributed by atoms with Crippen LogP contribution in [0.2, 0.25) is 0 Å². The number of ketones is 1. The van der Waals surface area contributed by atoms with Crippen molar-refractivity contribution in [2.75, 3.05) is 0 Å². The third-order valence-electron chi connectivity index (χ3n) is 4.40. The number of hydrogen-bond donors (Lipinski definition) is 0. The maximum absolute atomic E-state index is 12.6. The van der Waals surface area contributed by atoms with Gasteiger partial charge in [0.2, 0.25) is 0 Å². The monoisotopic (exact) mass is 386 g/mol. The number of Topliss-reactive ketones (excluding diaryl/α,β-unsaturated/α-hetero) is 1. The Balaban J connectivity index is 1.84. The van der Waals surface area contributed by atoms with Crippen molar-refractivity contribution in [3.63, 3.8) is 0 Å². The molecule has 0 fully saturated rings. The Kier molecular flexibility index (Phi) is 4.86. The second-order valence-electron chi connectivity index (χ2n) is 6.20. The van der Waals surface area contributed by atoms with Crippen molar-refractivity contribution in [3.8, 4) is 5.75 Å². The van der Waals surface area contributed by atoms with Crippen LogP contribution in [0.4, 0.5) is 0 Å². The van der Waals surface area contributed by atoms with Crippen LogP contribution in [-0.4, -0.2) is 11.8 Å². The topological polar surface area (TPSA) is 43.4 Å². The molecule has 0 radical (unpaired) electrons. The van der Waals surface area contributed by atoms with E-state index in [1.54, 1.807) is 13.0 Å². The van der Waals surface area contributed by atoms with Gasteiger partial charge in [-0.3, -0.25) is 9.59 Å². The predicted molar refractivity (Wildman–Crippen MR) is 96.5 cm³/mol. The normalized spacial score (nSPS) is 13.6. The molecule has 3 rings (SSSR count). The minimum Gasteiger partial charge on any atom is -0.424 e. The third kappa shape index (κ3) is 3.29. The van der Waals surface area contributed by atoms with Crippen molar-refractivity contribution in [2.45, 2.75) is 33.1 Å². The van der Waals surface area contributed by atoms with Gasteiger partial charge in [-0.05, 0) is 64.5 Å². The molecule has 2 aromatic rings. The van der Waals surface area contributed by atoms with E-state index in [2.05, 4.69) is 28.1 Å². The van der Waals surface area contributed by atoms with Crippen LogP contribution in [0.1, 0.15) is 40.4 Å². The summed E-state index contributed by atoms with van der Waals surface area (Å²) in [5.74, 6) is -0.161. The lowest BCUT2D eigenvalue weighted by Gasteiger charge is -2.14. The zero-order chi connectivity index (χ0) is 17.3. The van der Waals surface area contributed by atoms with Crippen molar-refractivity contribution >= 4 is 27.7 Å². The van der Waals surface area contributed by atoms with Crippen molar-refractivity contribution in [2.24, 2.45) is 5.92 Å². The summed E-state index contributed by atoms with van der Waals surface area (Å²) in [5, 5.41) is 0. The highest BCUT2D eigenvalue weighted by atomic mass is 79.9. The minimum atomic E-state index is -0.277. The maximum Gasteiger partial charge on any atom is 0.315 e. The lowest BCUT2D eigenvalue weighted by atomic mass is 10.0. The van der Waals surface area contributed by atoms with Crippen LogP contribution < -0.4 is 4.74 Å². The number of benzene rings is 2. The molecule has 0 saturated carbocycles. The molecule has 0 unspecified atom stereocenters. The van der Waals surface area contributed by atoms with Crippen LogP contribution in [0.25, 0.3) is 0 Å². The molecule has 2 aromatic carbocycles. The highest BCUT2D eigenvalue weighted by Crippen LogP contribution is 2.34. The van der Waals surface area contributed by atoms with Crippen LogP contribution in [0.15, 0.2) is 40.9 Å². The van der Waals surface area contributed by atoms with Crippen molar-refractivity contribution in [3.05, 3.63) is 63.1 Å². The molecule has 0 atom stereocenters. The first-order chi connectivity index (χ1) is 11.5. The van der Waals surface area contributed by atoms with E-state index in [1.807, 2.05) is 25.1 Å². The van der Waals surface area contributed by atoms with Gasteiger partial charge in [-0.1, -0.05) is 31.2 Å². The van der Waals surface area contributed by atoms with Crippen LogP contribution in [0.3, 0.4) is 0 Å². The van der Waals surface area contributed by atoms with Gasteiger partial charge in [0.15, 0.2) is 11.5 Å². The first kappa shape index (κ1) is 16.9. The molecule has 0 heterocycles. The predicted octanol–water partition coefficient (Wildman–Crippen LogP) is 4.67. The van der Waals surface area contributed by atoms with Crippen LogP contribution in [-0.2, 0) is 17.6 Å². The van der Waals surface area contributed by atoms with Crippen LogP contribution in [0, 0.1) is 12.8 Å². The first-order valence-electron chi connectivity index (χ1n) is 8.11. The number of fused-ring (bicyclic) bond motifs is 1. The molecule has 24 heavy (non-hydrogen) atoms. The molecule has 0 saturated heterocycles. The summed E-state index contributed by atoms with van der Waals surface area (Å²) in [6.45, 7) is 3.72. The van der Waals surface area contributed by atoms with Gasteiger partial charge in [0, 0.05) is 6.42 Å². The number of halogens is 1. The number of rotatable bonds is 4. The minimum absolute atomic E-state index is 0.0306. The lowest BCUT2D eigenvalue weighted by molar-refractivity contribution is -0.138. The van der Waals surface area contributed by atoms with Crippen LogP contribution >= 0.6 is 15.9 Å². The quantitative estimate of drug-likeness (QED) is 0.435. The number of aryl methyl sites for hydroxylation is 1. The molecule has 1 aliphatic rings. The van der Waals surface area contributed by atoms with Crippen molar-refractivity contribution < 1.29 is 14.3 Å². The Morgan fingerprint density at radius 2 is 1.79 bits per heavy atom. The van der Waals surface area contributed by atoms with Gasteiger partial charge in [0.25, 0.3) is 0 Å². The van der Waals surface area contributed by atoms with E-state index in [1.165, 1.54) is 11.1 Å². The fraction of sp³-hybridized carbons (Fsp3) is 0.300. The SMILES string of the molecule is CCC(=O)c1cc(C)cc(Br)c1OC(=O)C1Cc2ccccc2C1. The molecule has 0 aliphatic heterocycles. The molecule has 1 aliphatic carbocycles. The fourth-order valence-electron chi connectivity index (χ4n) is 3.14. The summed E-state index contributed by atoms with van der Waals surface area (Å²) in [7, 11) is 0. The van der Waals surface area contributed by atoms with Crippen molar-refractivity contribution in [1.82, 2.24) is 0 Å². The molecule has 0 aromatic heterocycles. The zero-order valence-electron chi connectivity index (χ0n) is 13.8. The summed E-state index contributed by atoms with van der Waals surface area (Å²) < 4.78 is 6.30. The largest absolute Gasteiger partial charge is 0.424 e. The van der Waals surface area contributed by atoms with E-state index in [4.69, 9.17) is 4.74 Å². The van der Waals surface area contributed by atoms with Crippen molar-refractivity contribution in [1.29, 1.82) is 0 Å². The summed E-state index contributed by atoms with van der Waals surface area (Å²) in [6, 6.07) is 11.7. The molecule has 4 heteroatoms. The second kappa shape index (κ2) is 6.89. The standard InChI is InChI=1S/C20H19BrO3/c1-3-18(22)16-8-12(2)9-17(21)19(16)24-20(23)15-10-13-6-4-5-7-14(13)11-15/h4-9,15H,3,10-11H2,1-2H3. The number of hydrogen-bond acceptors (Lipinski definition) is 3. The smallest absolute Gasteiger partial charge is 0.315 e. The Hall–Kier alpha value is -1.94. The van der Waals surface area contributed by atoms with Crippen LogP contribution in [0.5, 0.6) is 5.75 Å². The summed E-state index contributed by atoms with van der Waals surface area (Å²) in [6.07, 6.45) is 1.75. The van der Waals surface area contributed by atoms with Gasteiger partial charge < -0.3 is 4.74 Å². The third-order valence-corrected chi connectivity index (χ3v) is 4.99. The number of carbonyl (C=O) groups excluding carboxylic acids is 2. The summed E-state index contributed by atoms with van der Waals surface area (Å²) in [4.78, 5) is 24.8. The molecule has 0 bridgehead atoms. The van der Waals surface area contributed by atoms with E-state index in [0.29, 0.717) is 35.0 Å². The molecule has 0 amide bonds. The molecule has 124 valence electrons. The van der Waals surface area contributed by atoms with E-state index in [-0.39, 0.29) is 17.7 Å². The highest BCUT2D eigenvalue weighted by molar-refractivity contribution is 9.10. The fourth-order valence-corrected chi connectivity index (χ4v) is 3.80. The Morgan fingerprint density at radius 3 is 2.38 bits per heavy atom. The van der Waals surface area contributed by atoms with E-state index in [9.17, 15) is 9.59 Å². The molecule has 0 N–H and O–H groups in total. The van der Waals surface area contributed by atoms with E-state index >= 15 is 0 Å². The Morgan fingerprint density at radius 1 is 1.17 bits per heavy atom. The van der Waals surface area contributed by atoms with Gasteiger partial charge in [-0.2, -0.15) is 0 Å². The average Bonchev–Trinajstić information content (AvgIpc) is 3.00. The van der Waals surface area contributed by atoms with E-state index in [0.717, 1.165) is 5.56 Å². The van der Waals surface area contributed by atoms with Gasteiger partial charge >= 0.3 is 5.97 Å². The zero-order valence-corrected chi connectivity index (χ0v) is 15.4. The van der Waals surface area contributed by atoms with Gasteiger partial charge in [-0.25, -0.2) is 0 Å². The van der Waals surface area contributed by atoms with Gasteiger partial charge in [-0.15, -0.1) is 0 Å². The van der Waals surface area contributed by atoms with E-state index < -0.39 is 0 Å². The summed E-state index contributed by atoms with van der Waals surface area (Å²) in [5.41, 5.74) is 3.82. The molecule has 0 spiro atoms. The average molecular weight is 387 g/mol. The number of carbonyl (C=O) groups is 2. The highest BCUT2D eigenvalue weighted by Gasteiger charge is 2.30. The number of ether oxygens (including phenoxy) is 1. The molecular weight excluding hydrogens is 368 g/mol. The lowest BCUT2D eigenvalue weighted by Crippen LogP contribution is -2.22. The molecular formula is C20H19BrO3. The second-order valence-corrected chi connectivity index (χ2v) is 7.05. The Bertz CT molecular complexity index is 786. The Labute approximate surface area is 150 Å². The maximum atomic E-state index is 12.6. The number of esters is 1. The van der Waals surface area contributed by atoms with Gasteiger partial charge in [0.05, 0.1) is 16.0 Å². The first-order valence-corrected chi connectivity index (χ1v) is 8.90. The molecule has 3 nitrogen and oxygen atoms in total. The summed E-state index contributed by atoms with van der Waals surface area (Å²) >= 11 is 3.43. The van der Waals surface area contributed by atoms with Gasteiger partial charge in [0.1, 0.15) is 0 Å².